The third-order valence-corrected chi connectivity index (χ3v) is 21.0. The fraction of sp³-hybridized carbons (Fsp3) is 0.436. The Balaban J connectivity index is 0.975. The molecule has 2 aliphatic rings. The number of carbonyl (C=O) groups is 13. The van der Waals surface area contributed by atoms with Crippen molar-refractivity contribution in [2.45, 2.75) is 176 Å². The number of H-pyrrole nitrogens is 3. The van der Waals surface area contributed by atoms with Crippen LogP contribution >= 0.6 is 11.8 Å². The summed E-state index contributed by atoms with van der Waals surface area (Å²) in [7, 11) is 0. The van der Waals surface area contributed by atoms with Crippen LogP contribution in [0.15, 0.2) is 122 Å². The largest absolute Gasteiger partial charge is 0.370 e. The molecule has 11 atom stereocenters. The Morgan fingerprint density at radius 1 is 0.460 bits per heavy atom. The predicted octanol–water partition coefficient (Wildman–Crippen LogP) is -0.640. The van der Waals surface area contributed by atoms with Gasteiger partial charge in [-0.2, -0.15) is 11.8 Å². The van der Waals surface area contributed by atoms with E-state index in [9.17, 15) is 43.2 Å². The molecule has 0 bridgehead atoms. The van der Waals surface area contributed by atoms with Crippen molar-refractivity contribution in [1.29, 1.82) is 5.41 Å². The Bertz CT molecular complexity index is 4550. The van der Waals surface area contributed by atoms with Crippen molar-refractivity contribution in [2.75, 3.05) is 38.2 Å². The molecule has 0 spiro atoms. The quantitative estimate of drug-likeness (QED) is 0.0128. The lowest BCUT2D eigenvalue weighted by Gasteiger charge is -2.32. The van der Waals surface area contributed by atoms with Crippen molar-refractivity contribution in [3.05, 3.63) is 144 Å². The summed E-state index contributed by atoms with van der Waals surface area (Å²) in [5, 5.41) is 34.3. The number of thioether (sulfide) groups is 1. The molecule has 2 saturated heterocycles. The van der Waals surface area contributed by atoms with Gasteiger partial charge in [-0.05, 0) is 130 Å². The monoisotopic (exact) mass is 1570 g/mol. The van der Waals surface area contributed by atoms with E-state index >= 15 is 19.2 Å². The van der Waals surface area contributed by atoms with Crippen LogP contribution in [0.3, 0.4) is 0 Å². The SMILES string of the molecule is CSCC[C@H](NC(=O)[C@@H](Cc1c[nH]c2ccccc12)NC(=O)[C@@H](Cc1c[nH]c2ccccc12)NC(=O)[C@H](Cc1ccccc1)NC(=O)[C@@H](Cc1c[nH]c2ccccc12)NC(=O)[C@H](CCC(N)=O)NC(=O)[C@H](CCC(N)=O)NC(=O)[C@@H]1CCCN1C(=O)[C@H](CCCCN)NC(=O)[C@@H]1CCCN1C(=O)[C@@H](N)CCNC(=N)N)C(N)=O. The third kappa shape index (κ3) is 23.8. The highest BCUT2D eigenvalue weighted by atomic mass is 32.2. The zero-order chi connectivity index (χ0) is 81.3. The fourth-order valence-corrected chi connectivity index (χ4v) is 14.8. The standard InChI is InChI=1S/C78H103N21O13S/c1-113-36-31-55(67(83)102)90-71(106)60(38-45-41-87-52-20-8-5-17-48(45)52)97-73(108)62(40-47-43-89-54-22-10-7-19-50(47)54)96-70(105)59(37-44-15-3-2-4-16-44)94-72(107)61(39-46-42-88-53-21-9-6-18-49(46)53)95-69(104)56(26-28-65(81)100)91-68(103)57(27-29-66(82)101)92-74(109)64-25-14-35-99(64)77(112)58(23-11-12-32-79)93-75(110)63-24-13-34-98(63)76(111)51(80)30-33-86-78(84)85/h2-10,15-22,41-43,51,55-64,87-89H,11-14,23-40,79-80H2,1H3,(H2,81,100)(H2,82,101)(H2,83,102)(H,90,106)(H,91,103)(H,92,109)(H,93,110)(H,94,107)(H,95,104)(H,96,105)(H,97,108)(H4,84,85,86)/t51-,55-,56-,57-,58-,59-,60+,61+,62+,63-,64-/m0/s1. The van der Waals surface area contributed by atoms with E-state index in [-0.39, 0.29) is 89.9 Å². The van der Waals surface area contributed by atoms with Gasteiger partial charge in [0.15, 0.2) is 5.96 Å². The summed E-state index contributed by atoms with van der Waals surface area (Å²) < 4.78 is 0. The average molecular weight is 1570 g/mol. The van der Waals surface area contributed by atoms with E-state index in [1.165, 1.54) is 21.6 Å². The number of nitrogens with zero attached hydrogens (tertiary/aromatic N) is 2. The van der Waals surface area contributed by atoms with Crippen LogP contribution in [0.4, 0.5) is 0 Å². The first-order valence-corrected chi connectivity index (χ1v) is 39.3. The lowest BCUT2D eigenvalue weighted by molar-refractivity contribution is -0.144. The summed E-state index contributed by atoms with van der Waals surface area (Å²) in [6.07, 6.45) is 6.69. The number of nitrogens with two attached hydrogens (primary N) is 6. The van der Waals surface area contributed by atoms with Crippen LogP contribution in [0.1, 0.15) is 106 Å². The van der Waals surface area contributed by atoms with Crippen LogP contribution < -0.4 is 82.3 Å². The number of hydrogen-bond acceptors (Lipinski definition) is 17. The van der Waals surface area contributed by atoms with Crippen molar-refractivity contribution in [3.63, 3.8) is 0 Å². The van der Waals surface area contributed by atoms with E-state index in [0.29, 0.717) is 75.5 Å². The van der Waals surface area contributed by atoms with Crippen LogP contribution in [-0.4, -0.2) is 212 Å². The smallest absolute Gasteiger partial charge is 0.245 e. The molecule has 2 fully saturated rings. The Morgan fingerprint density at radius 3 is 1.27 bits per heavy atom. The van der Waals surface area contributed by atoms with Crippen LogP contribution in [0.25, 0.3) is 32.7 Å². The summed E-state index contributed by atoms with van der Waals surface area (Å²) in [5.41, 5.74) is 39.0. The summed E-state index contributed by atoms with van der Waals surface area (Å²) in [6, 6.07) is 15.5. The molecule has 604 valence electrons. The maximum Gasteiger partial charge on any atom is 0.245 e. The van der Waals surface area contributed by atoms with Crippen LogP contribution in [0, 0.1) is 5.41 Å². The number of carbonyl (C=O) groups excluding carboxylic acids is 13. The number of benzene rings is 4. The summed E-state index contributed by atoms with van der Waals surface area (Å²) in [5.74, 6) is -10.4. The Kier molecular flexibility index (Phi) is 31.2. The van der Waals surface area contributed by atoms with Gasteiger partial charge in [0.1, 0.15) is 60.4 Å². The average Bonchev–Trinajstić information content (AvgIpc) is 1.74. The van der Waals surface area contributed by atoms with Gasteiger partial charge in [-0.1, -0.05) is 84.9 Å². The van der Waals surface area contributed by atoms with Crippen molar-refractivity contribution < 1.29 is 62.3 Å². The molecule has 13 amide bonds. The summed E-state index contributed by atoms with van der Waals surface area (Å²) in [4.78, 5) is 198. The first-order valence-electron chi connectivity index (χ1n) is 37.9. The van der Waals surface area contributed by atoms with Gasteiger partial charge in [0, 0.05) is 109 Å². The van der Waals surface area contributed by atoms with E-state index in [1.807, 2.05) is 48.7 Å². The molecule has 2 aliphatic heterocycles. The van der Waals surface area contributed by atoms with Crippen LogP contribution in [0.2, 0.25) is 0 Å². The van der Waals surface area contributed by atoms with Crippen molar-refractivity contribution >= 4 is 127 Å². The van der Waals surface area contributed by atoms with Crippen molar-refractivity contribution in [2.24, 2.45) is 34.4 Å². The highest BCUT2D eigenvalue weighted by molar-refractivity contribution is 7.98. The zero-order valence-corrected chi connectivity index (χ0v) is 63.8. The van der Waals surface area contributed by atoms with E-state index in [1.54, 1.807) is 79.3 Å². The number of hydrogen-bond donors (Lipinski definition) is 19. The van der Waals surface area contributed by atoms with E-state index in [0.717, 1.165) is 10.9 Å². The van der Waals surface area contributed by atoms with E-state index in [4.69, 9.17) is 39.8 Å². The molecule has 7 aromatic rings. The molecule has 0 saturated carbocycles. The van der Waals surface area contributed by atoms with Crippen molar-refractivity contribution in [1.82, 2.24) is 72.6 Å². The van der Waals surface area contributed by atoms with Crippen LogP contribution in [-0.2, 0) is 88.0 Å². The molecule has 25 N–H and O–H groups in total. The number of nitrogens with one attached hydrogen (secondary N) is 13. The summed E-state index contributed by atoms with van der Waals surface area (Å²) >= 11 is 1.44. The first-order chi connectivity index (χ1) is 54.3. The molecule has 0 aliphatic carbocycles. The minimum atomic E-state index is -1.71. The number of guanidine groups is 1. The molecule has 35 heteroatoms. The number of para-hydroxylation sites is 3. The topological polar surface area (TPSA) is 564 Å². The lowest BCUT2D eigenvalue weighted by Crippen LogP contribution is -2.61. The molecular weight excluding hydrogens is 1470 g/mol. The number of aromatic amines is 3. The normalized spacial score (nSPS) is 16.4. The second-order valence-corrected chi connectivity index (χ2v) is 29.4. The second kappa shape index (κ2) is 41.4. The maximum atomic E-state index is 15.5. The number of primary amides is 3. The molecular formula is C78H103N21O13S. The van der Waals surface area contributed by atoms with Gasteiger partial charge in [-0.3, -0.25) is 67.7 Å². The number of rotatable bonds is 43. The Hall–Kier alpha value is -11.8. The fourth-order valence-electron chi connectivity index (χ4n) is 14.3. The van der Waals surface area contributed by atoms with Gasteiger partial charge >= 0.3 is 0 Å². The predicted molar refractivity (Wildman–Crippen MR) is 426 cm³/mol. The van der Waals surface area contributed by atoms with E-state index in [2.05, 4.69) is 62.8 Å². The summed E-state index contributed by atoms with van der Waals surface area (Å²) in [6.45, 7) is 0.677. The molecule has 34 nitrogen and oxygen atoms in total. The Labute approximate surface area is 656 Å². The number of unbranched alkanes of at least 4 members (excludes halogenated alkanes) is 1. The van der Waals surface area contributed by atoms with Gasteiger partial charge in [-0.15, -0.1) is 0 Å². The number of likely N-dealkylation sites (tertiary alicyclic amines) is 2. The molecule has 0 radical (unpaired) electrons. The second-order valence-electron chi connectivity index (χ2n) is 28.5. The van der Waals surface area contributed by atoms with Gasteiger partial charge in [-0.25, -0.2) is 0 Å². The molecule has 5 heterocycles. The van der Waals surface area contributed by atoms with Gasteiger partial charge in [0.25, 0.3) is 0 Å². The highest BCUT2D eigenvalue weighted by Crippen LogP contribution is 2.27. The number of aromatic nitrogens is 3. The van der Waals surface area contributed by atoms with E-state index < -0.39 is 169 Å². The highest BCUT2D eigenvalue weighted by Gasteiger charge is 2.43. The number of fused-ring (bicyclic) bond motifs is 3. The molecule has 4 aromatic carbocycles. The Morgan fingerprint density at radius 2 is 0.850 bits per heavy atom. The maximum absolute atomic E-state index is 15.5. The van der Waals surface area contributed by atoms with Gasteiger partial charge in [0.2, 0.25) is 76.8 Å². The number of amides is 13. The minimum absolute atomic E-state index is 0.0512. The molecule has 113 heavy (non-hydrogen) atoms. The van der Waals surface area contributed by atoms with Gasteiger partial charge < -0.3 is 107 Å². The third-order valence-electron chi connectivity index (χ3n) is 20.3. The molecule has 3 aromatic heterocycles. The first kappa shape index (κ1) is 85.2. The van der Waals surface area contributed by atoms with Crippen molar-refractivity contribution in [3.8, 4) is 0 Å². The zero-order valence-electron chi connectivity index (χ0n) is 63.0. The molecule has 9 rings (SSSR count). The minimum Gasteiger partial charge on any atom is -0.370 e. The van der Waals surface area contributed by atoms with Gasteiger partial charge in [0.05, 0.1) is 6.04 Å². The molecule has 0 unspecified atom stereocenters. The van der Waals surface area contributed by atoms with Crippen LogP contribution in [0.5, 0.6) is 0 Å². The lowest BCUT2D eigenvalue weighted by atomic mass is 9.99.